The Bertz CT molecular complexity index is 727. The molecule has 25 heavy (non-hydrogen) atoms. The van der Waals surface area contributed by atoms with Crippen molar-refractivity contribution in [3.8, 4) is 17.2 Å². The van der Waals surface area contributed by atoms with Gasteiger partial charge in [-0.2, -0.15) is 5.10 Å². The number of nitrogens with zero attached hydrogens (tertiary/aromatic N) is 1. The molecule has 6 heteroatoms. The van der Waals surface area contributed by atoms with Gasteiger partial charge in [-0.05, 0) is 56.3 Å². The minimum absolute atomic E-state index is 0.305. The van der Waals surface area contributed by atoms with Crippen LogP contribution in [-0.2, 0) is 0 Å². The summed E-state index contributed by atoms with van der Waals surface area (Å²) in [4.78, 5) is 12.1. The Morgan fingerprint density at radius 3 is 2.36 bits per heavy atom. The van der Waals surface area contributed by atoms with Gasteiger partial charge in [0, 0.05) is 11.1 Å². The first-order valence-electron chi connectivity index (χ1n) is 8.05. The van der Waals surface area contributed by atoms with Crippen molar-refractivity contribution in [2.45, 2.75) is 13.8 Å². The van der Waals surface area contributed by atoms with Gasteiger partial charge >= 0.3 is 0 Å². The van der Waals surface area contributed by atoms with Gasteiger partial charge in [-0.25, -0.2) is 5.43 Å². The molecule has 1 N–H and O–H groups in total. The fraction of sp³-hybridized carbons (Fsp3) is 0.263. The molecule has 0 radical (unpaired) electrons. The molecule has 0 atom stereocenters. The maximum absolute atomic E-state index is 12.1. The number of ether oxygens (including phenoxy) is 3. The number of nitrogens with one attached hydrogen (secondary N) is 1. The quantitative estimate of drug-likeness (QED) is 0.590. The summed E-state index contributed by atoms with van der Waals surface area (Å²) >= 11 is 0. The largest absolute Gasteiger partial charge is 0.497 e. The fourth-order valence-electron chi connectivity index (χ4n) is 2.14. The first kappa shape index (κ1) is 18.3. The minimum Gasteiger partial charge on any atom is -0.497 e. The third-order valence-electron chi connectivity index (χ3n) is 3.31. The highest BCUT2D eigenvalue weighted by molar-refractivity contribution is 5.95. The van der Waals surface area contributed by atoms with Crippen LogP contribution < -0.4 is 19.6 Å². The monoisotopic (exact) mass is 342 g/mol. The molecule has 0 fully saturated rings. The van der Waals surface area contributed by atoms with Crippen molar-refractivity contribution in [2.75, 3.05) is 20.3 Å². The van der Waals surface area contributed by atoms with Crippen molar-refractivity contribution >= 4 is 12.1 Å². The lowest BCUT2D eigenvalue weighted by Crippen LogP contribution is -2.17. The van der Waals surface area contributed by atoms with Gasteiger partial charge in [-0.15, -0.1) is 0 Å². The van der Waals surface area contributed by atoms with Crippen LogP contribution in [0.5, 0.6) is 17.2 Å². The van der Waals surface area contributed by atoms with E-state index in [4.69, 9.17) is 14.2 Å². The van der Waals surface area contributed by atoms with E-state index in [1.54, 1.807) is 49.6 Å². The van der Waals surface area contributed by atoms with Gasteiger partial charge in [0.05, 0.1) is 26.5 Å². The summed E-state index contributed by atoms with van der Waals surface area (Å²) in [5.74, 6) is 1.77. The van der Waals surface area contributed by atoms with Gasteiger partial charge in [0.25, 0.3) is 5.91 Å². The maximum atomic E-state index is 12.1. The highest BCUT2D eigenvalue weighted by Crippen LogP contribution is 2.22. The predicted molar refractivity (Wildman–Crippen MR) is 96.8 cm³/mol. The molecule has 0 bridgehead atoms. The minimum atomic E-state index is -0.305. The molecule has 0 aliphatic rings. The number of carbonyl (C=O) groups is 1. The number of rotatable bonds is 8. The lowest BCUT2D eigenvalue weighted by Gasteiger charge is -2.08. The number of benzene rings is 2. The molecule has 0 aromatic heterocycles. The molecule has 0 unspecified atom stereocenters. The molecule has 2 rings (SSSR count). The van der Waals surface area contributed by atoms with Crippen LogP contribution in [0.2, 0.25) is 0 Å². The van der Waals surface area contributed by atoms with Crippen LogP contribution in [0.15, 0.2) is 47.6 Å². The van der Waals surface area contributed by atoms with Crippen molar-refractivity contribution in [3.05, 3.63) is 53.6 Å². The lowest BCUT2D eigenvalue weighted by molar-refractivity contribution is 0.0955. The maximum Gasteiger partial charge on any atom is 0.271 e. The lowest BCUT2D eigenvalue weighted by atomic mass is 10.2. The number of hydrogen-bond acceptors (Lipinski definition) is 5. The van der Waals surface area contributed by atoms with Crippen LogP contribution >= 0.6 is 0 Å². The van der Waals surface area contributed by atoms with Crippen molar-refractivity contribution in [3.63, 3.8) is 0 Å². The highest BCUT2D eigenvalue weighted by atomic mass is 16.5. The average Bonchev–Trinajstić information content (AvgIpc) is 2.64. The number of amides is 1. The third kappa shape index (κ3) is 5.24. The SMILES string of the molecule is CCOc1ccc(C(=O)N/N=C/c2cc(OC)ccc2OCC)cc1. The van der Waals surface area contributed by atoms with Gasteiger partial charge < -0.3 is 14.2 Å². The standard InChI is InChI=1S/C19H22N2O4/c1-4-24-16-8-6-14(7-9-16)19(22)21-20-13-15-12-17(23-3)10-11-18(15)25-5-2/h6-13H,4-5H2,1-3H3,(H,21,22)/b20-13+. The van der Waals surface area contributed by atoms with Crippen molar-refractivity contribution in [2.24, 2.45) is 5.10 Å². The first-order chi connectivity index (χ1) is 12.2. The van der Waals surface area contributed by atoms with Crippen LogP contribution in [0.1, 0.15) is 29.8 Å². The van der Waals surface area contributed by atoms with E-state index < -0.39 is 0 Å². The van der Waals surface area contributed by atoms with Gasteiger partial charge in [0.1, 0.15) is 17.2 Å². The van der Waals surface area contributed by atoms with Gasteiger partial charge in [-0.3, -0.25) is 4.79 Å². The molecule has 1 amide bonds. The van der Waals surface area contributed by atoms with Crippen LogP contribution in [0, 0.1) is 0 Å². The molecule has 0 saturated heterocycles. The molecule has 2 aromatic carbocycles. The summed E-state index contributed by atoms with van der Waals surface area (Å²) in [5, 5.41) is 4.00. The van der Waals surface area contributed by atoms with Gasteiger partial charge in [-0.1, -0.05) is 0 Å². The predicted octanol–water partition coefficient (Wildman–Crippen LogP) is 3.26. The van der Waals surface area contributed by atoms with Gasteiger partial charge in [0.2, 0.25) is 0 Å². The van der Waals surface area contributed by atoms with Crippen LogP contribution in [0.3, 0.4) is 0 Å². The summed E-state index contributed by atoms with van der Waals surface area (Å²) < 4.78 is 16.1. The molecule has 0 aliphatic heterocycles. The van der Waals surface area contributed by atoms with Crippen LogP contribution in [-0.4, -0.2) is 32.4 Å². The molecule has 0 spiro atoms. The third-order valence-corrected chi connectivity index (χ3v) is 3.31. The fourth-order valence-corrected chi connectivity index (χ4v) is 2.14. The van der Waals surface area contributed by atoms with E-state index in [2.05, 4.69) is 10.5 Å². The molecule has 2 aromatic rings. The van der Waals surface area contributed by atoms with Crippen LogP contribution in [0.4, 0.5) is 0 Å². The van der Waals surface area contributed by atoms with E-state index in [9.17, 15) is 4.79 Å². The summed E-state index contributed by atoms with van der Waals surface area (Å²) in [5.41, 5.74) is 3.71. The Kier molecular flexibility index (Phi) is 6.83. The van der Waals surface area contributed by atoms with E-state index in [1.165, 1.54) is 6.21 Å². The summed E-state index contributed by atoms with van der Waals surface area (Å²) in [7, 11) is 1.59. The molecule has 6 nitrogen and oxygen atoms in total. The van der Waals surface area contributed by atoms with Gasteiger partial charge in [0.15, 0.2) is 0 Å². The Morgan fingerprint density at radius 1 is 1.04 bits per heavy atom. The van der Waals surface area contributed by atoms with Crippen molar-refractivity contribution in [1.29, 1.82) is 0 Å². The molecule has 132 valence electrons. The zero-order valence-corrected chi connectivity index (χ0v) is 14.6. The van der Waals surface area contributed by atoms with E-state index in [1.807, 2.05) is 13.8 Å². The summed E-state index contributed by atoms with van der Waals surface area (Å²) in [6, 6.07) is 12.3. The summed E-state index contributed by atoms with van der Waals surface area (Å²) in [6.45, 7) is 4.92. The second kappa shape index (κ2) is 9.32. The zero-order chi connectivity index (χ0) is 18.1. The smallest absolute Gasteiger partial charge is 0.271 e. The normalized spacial score (nSPS) is 10.5. The number of methoxy groups -OCH3 is 1. The number of hydrazone groups is 1. The highest BCUT2D eigenvalue weighted by Gasteiger charge is 2.06. The topological polar surface area (TPSA) is 69.2 Å². The Labute approximate surface area is 147 Å². The van der Waals surface area contributed by atoms with E-state index in [0.717, 1.165) is 5.75 Å². The molecular formula is C19H22N2O4. The Balaban J connectivity index is 2.05. The van der Waals surface area contributed by atoms with Crippen LogP contribution in [0.25, 0.3) is 0 Å². The molecule has 0 saturated carbocycles. The molecule has 0 aliphatic carbocycles. The van der Waals surface area contributed by atoms with E-state index in [0.29, 0.717) is 35.8 Å². The Morgan fingerprint density at radius 2 is 1.72 bits per heavy atom. The zero-order valence-electron chi connectivity index (χ0n) is 14.6. The average molecular weight is 342 g/mol. The molecular weight excluding hydrogens is 320 g/mol. The number of carbonyl (C=O) groups excluding carboxylic acids is 1. The van der Waals surface area contributed by atoms with Crippen molar-refractivity contribution in [1.82, 2.24) is 5.43 Å². The first-order valence-corrected chi connectivity index (χ1v) is 8.05. The second-order valence-corrected chi connectivity index (χ2v) is 4.99. The summed E-state index contributed by atoms with van der Waals surface area (Å²) in [6.07, 6.45) is 1.53. The van der Waals surface area contributed by atoms with Crippen molar-refractivity contribution < 1.29 is 19.0 Å². The van der Waals surface area contributed by atoms with E-state index >= 15 is 0 Å². The second-order valence-electron chi connectivity index (χ2n) is 4.99. The Hall–Kier alpha value is -3.02. The number of hydrogen-bond donors (Lipinski definition) is 1. The van der Waals surface area contributed by atoms with E-state index in [-0.39, 0.29) is 5.91 Å². The molecule has 0 heterocycles.